The molecule has 0 fully saturated rings. The van der Waals surface area contributed by atoms with Gasteiger partial charge in [0.1, 0.15) is 5.78 Å². The molecule has 1 aromatic heterocycles. The van der Waals surface area contributed by atoms with Gasteiger partial charge in [0.15, 0.2) is 5.82 Å². The molecule has 2 rings (SSSR count). The molecule has 0 radical (unpaired) electrons. The zero-order valence-corrected chi connectivity index (χ0v) is 10.9. The minimum Gasteiger partial charge on any atom is -0.299 e. The van der Waals surface area contributed by atoms with Crippen LogP contribution in [0.3, 0.4) is 0 Å². The SMILES string of the molecule is O=C(CCCCCc1ccccc1)Cc1nn[nH]n1. The van der Waals surface area contributed by atoms with Gasteiger partial charge in [-0.1, -0.05) is 42.0 Å². The Morgan fingerprint density at radius 3 is 2.68 bits per heavy atom. The van der Waals surface area contributed by atoms with Crippen molar-refractivity contribution in [2.75, 3.05) is 0 Å². The maximum absolute atomic E-state index is 11.6. The smallest absolute Gasteiger partial charge is 0.181 e. The van der Waals surface area contributed by atoms with Crippen molar-refractivity contribution in [3.05, 3.63) is 41.7 Å². The topological polar surface area (TPSA) is 71.5 Å². The number of ketones is 1. The van der Waals surface area contributed by atoms with E-state index >= 15 is 0 Å². The van der Waals surface area contributed by atoms with Crippen LogP contribution in [0.1, 0.15) is 37.1 Å². The van der Waals surface area contributed by atoms with Crippen LogP contribution >= 0.6 is 0 Å². The highest BCUT2D eigenvalue weighted by atomic mass is 16.1. The summed E-state index contributed by atoms with van der Waals surface area (Å²) in [6, 6.07) is 10.4. The molecule has 0 saturated carbocycles. The molecule has 0 aliphatic carbocycles. The van der Waals surface area contributed by atoms with Gasteiger partial charge in [0.25, 0.3) is 0 Å². The second kappa shape index (κ2) is 7.41. The molecule has 0 spiro atoms. The van der Waals surface area contributed by atoms with Crippen LogP contribution in [-0.4, -0.2) is 26.4 Å². The number of unbranched alkanes of at least 4 members (excludes halogenated alkanes) is 2. The number of tetrazole rings is 1. The van der Waals surface area contributed by atoms with Crippen molar-refractivity contribution in [3.63, 3.8) is 0 Å². The molecular weight excluding hydrogens is 240 g/mol. The van der Waals surface area contributed by atoms with Crippen molar-refractivity contribution >= 4 is 5.78 Å². The van der Waals surface area contributed by atoms with Gasteiger partial charge in [-0.2, -0.15) is 5.21 Å². The number of carbonyl (C=O) groups is 1. The number of hydrogen-bond acceptors (Lipinski definition) is 4. The largest absolute Gasteiger partial charge is 0.299 e. The third-order valence-electron chi connectivity index (χ3n) is 3.01. The number of carbonyl (C=O) groups excluding carboxylic acids is 1. The number of rotatable bonds is 8. The fourth-order valence-corrected chi connectivity index (χ4v) is 1.99. The molecule has 0 atom stereocenters. The van der Waals surface area contributed by atoms with Crippen LogP contribution in [0.2, 0.25) is 0 Å². The Labute approximate surface area is 112 Å². The van der Waals surface area contributed by atoms with E-state index in [0.29, 0.717) is 12.2 Å². The summed E-state index contributed by atoms with van der Waals surface area (Å²) in [5, 5.41) is 13.3. The summed E-state index contributed by atoms with van der Waals surface area (Å²) in [7, 11) is 0. The van der Waals surface area contributed by atoms with Crippen molar-refractivity contribution in [2.24, 2.45) is 0 Å². The van der Waals surface area contributed by atoms with Gasteiger partial charge in [-0.05, 0) is 24.8 Å². The van der Waals surface area contributed by atoms with Gasteiger partial charge in [0.2, 0.25) is 0 Å². The summed E-state index contributed by atoms with van der Waals surface area (Å²) in [6.07, 6.45) is 5.11. The molecule has 100 valence electrons. The average Bonchev–Trinajstić information content (AvgIpc) is 2.92. The Morgan fingerprint density at radius 1 is 1.11 bits per heavy atom. The first-order valence-corrected chi connectivity index (χ1v) is 6.62. The molecule has 5 nitrogen and oxygen atoms in total. The molecule has 0 unspecified atom stereocenters. The molecule has 0 saturated heterocycles. The van der Waals surface area contributed by atoms with Crippen molar-refractivity contribution in [2.45, 2.75) is 38.5 Å². The van der Waals surface area contributed by atoms with Gasteiger partial charge >= 0.3 is 0 Å². The van der Waals surface area contributed by atoms with Gasteiger partial charge in [-0.25, -0.2) is 0 Å². The minimum atomic E-state index is 0.182. The van der Waals surface area contributed by atoms with Crippen LogP contribution in [0.25, 0.3) is 0 Å². The normalized spacial score (nSPS) is 10.5. The predicted octanol–water partition coefficient (Wildman–Crippen LogP) is 2.11. The van der Waals surface area contributed by atoms with Gasteiger partial charge in [0, 0.05) is 6.42 Å². The molecule has 1 heterocycles. The van der Waals surface area contributed by atoms with Crippen molar-refractivity contribution in [3.8, 4) is 0 Å². The first kappa shape index (κ1) is 13.4. The summed E-state index contributed by atoms with van der Waals surface area (Å²) in [4.78, 5) is 11.6. The lowest BCUT2D eigenvalue weighted by molar-refractivity contribution is -0.118. The molecule has 19 heavy (non-hydrogen) atoms. The Balaban J connectivity index is 1.56. The van der Waals surface area contributed by atoms with Crippen LogP contribution in [0, 0.1) is 0 Å². The summed E-state index contributed by atoms with van der Waals surface area (Å²) >= 11 is 0. The van der Waals surface area contributed by atoms with Gasteiger partial charge in [-0.15, -0.1) is 10.2 Å². The molecular formula is C14H18N4O. The van der Waals surface area contributed by atoms with E-state index in [4.69, 9.17) is 0 Å². The number of aromatic nitrogens is 4. The highest BCUT2D eigenvalue weighted by Gasteiger charge is 2.06. The fourth-order valence-electron chi connectivity index (χ4n) is 1.99. The standard InChI is InChI=1S/C14H18N4O/c19-13(11-14-15-17-18-16-14)10-6-2-5-9-12-7-3-1-4-8-12/h1,3-4,7-8H,2,5-6,9-11H2,(H,15,16,17,18). The van der Waals surface area contributed by atoms with Crippen molar-refractivity contribution < 1.29 is 4.79 Å². The van der Waals surface area contributed by atoms with Crippen molar-refractivity contribution in [1.29, 1.82) is 0 Å². The summed E-state index contributed by atoms with van der Waals surface area (Å²) in [6.45, 7) is 0. The molecule has 1 aromatic carbocycles. The Morgan fingerprint density at radius 2 is 1.95 bits per heavy atom. The molecule has 0 amide bonds. The Kier molecular flexibility index (Phi) is 5.22. The van der Waals surface area contributed by atoms with E-state index in [1.165, 1.54) is 5.56 Å². The summed E-state index contributed by atoms with van der Waals surface area (Å²) in [5.41, 5.74) is 1.36. The van der Waals surface area contributed by atoms with E-state index < -0.39 is 0 Å². The van der Waals surface area contributed by atoms with Gasteiger partial charge in [0.05, 0.1) is 6.42 Å². The maximum atomic E-state index is 11.6. The van der Waals surface area contributed by atoms with Crippen molar-refractivity contribution in [1.82, 2.24) is 20.6 Å². The first-order chi connectivity index (χ1) is 9.34. The summed E-state index contributed by atoms with van der Waals surface area (Å²) in [5.74, 6) is 0.662. The predicted molar refractivity (Wildman–Crippen MR) is 71.5 cm³/mol. The third-order valence-corrected chi connectivity index (χ3v) is 3.01. The van der Waals surface area contributed by atoms with E-state index in [1.807, 2.05) is 6.07 Å². The zero-order valence-electron chi connectivity index (χ0n) is 10.9. The van der Waals surface area contributed by atoms with Crippen LogP contribution in [-0.2, 0) is 17.6 Å². The lowest BCUT2D eigenvalue weighted by Gasteiger charge is -2.01. The quantitative estimate of drug-likeness (QED) is 0.736. The van der Waals surface area contributed by atoms with Gasteiger partial charge < -0.3 is 0 Å². The molecule has 1 N–H and O–H groups in total. The van der Waals surface area contributed by atoms with Crippen LogP contribution < -0.4 is 0 Å². The van der Waals surface area contributed by atoms with E-state index in [1.54, 1.807) is 0 Å². The second-order valence-electron chi connectivity index (χ2n) is 4.59. The number of nitrogens with one attached hydrogen (secondary N) is 1. The minimum absolute atomic E-state index is 0.182. The molecule has 0 aliphatic heterocycles. The molecule has 0 bridgehead atoms. The fraction of sp³-hybridized carbons (Fsp3) is 0.429. The number of aryl methyl sites for hydroxylation is 1. The van der Waals surface area contributed by atoms with Crippen LogP contribution in [0.5, 0.6) is 0 Å². The van der Waals surface area contributed by atoms with E-state index in [9.17, 15) is 4.79 Å². The maximum Gasteiger partial charge on any atom is 0.181 e. The Hall–Kier alpha value is -2.04. The van der Waals surface area contributed by atoms with E-state index in [-0.39, 0.29) is 12.2 Å². The lowest BCUT2D eigenvalue weighted by Crippen LogP contribution is -2.04. The number of nitrogens with zero attached hydrogens (tertiary/aromatic N) is 3. The third kappa shape index (κ3) is 4.99. The number of hydrogen-bond donors (Lipinski definition) is 1. The molecule has 5 heteroatoms. The monoisotopic (exact) mass is 258 g/mol. The number of H-pyrrole nitrogens is 1. The van der Waals surface area contributed by atoms with Crippen LogP contribution in [0.4, 0.5) is 0 Å². The molecule has 2 aromatic rings. The number of Topliss-reactive ketones (excluding diaryl/α,β-unsaturated/α-hetero) is 1. The number of benzene rings is 1. The van der Waals surface area contributed by atoms with E-state index in [0.717, 1.165) is 25.7 Å². The summed E-state index contributed by atoms with van der Waals surface area (Å²) < 4.78 is 0. The highest BCUT2D eigenvalue weighted by Crippen LogP contribution is 2.08. The average molecular weight is 258 g/mol. The second-order valence-corrected chi connectivity index (χ2v) is 4.59. The Bertz CT molecular complexity index is 481. The first-order valence-electron chi connectivity index (χ1n) is 6.62. The van der Waals surface area contributed by atoms with E-state index in [2.05, 4.69) is 44.9 Å². The lowest BCUT2D eigenvalue weighted by atomic mass is 10.0. The van der Waals surface area contributed by atoms with Gasteiger partial charge in [-0.3, -0.25) is 4.79 Å². The molecule has 0 aliphatic rings. The highest BCUT2D eigenvalue weighted by molar-refractivity contribution is 5.79. The number of aromatic amines is 1. The van der Waals surface area contributed by atoms with Crippen LogP contribution in [0.15, 0.2) is 30.3 Å². The zero-order chi connectivity index (χ0) is 13.3.